The Bertz CT molecular complexity index is 517. The van der Waals surface area contributed by atoms with E-state index in [1.165, 1.54) is 6.07 Å². The van der Waals surface area contributed by atoms with Crippen LogP contribution in [0.3, 0.4) is 0 Å². The van der Waals surface area contributed by atoms with Crippen LogP contribution >= 0.6 is 0 Å². The Morgan fingerprint density at radius 2 is 2.05 bits per heavy atom. The van der Waals surface area contributed by atoms with Crippen molar-refractivity contribution in [3.05, 3.63) is 35.4 Å². The molecule has 6 heteroatoms. The van der Waals surface area contributed by atoms with Crippen LogP contribution in [0.25, 0.3) is 0 Å². The van der Waals surface area contributed by atoms with E-state index in [4.69, 9.17) is 4.74 Å². The number of hydrogen-bond acceptors (Lipinski definition) is 3. The predicted octanol–water partition coefficient (Wildman–Crippen LogP) is 2.15. The molecule has 1 saturated heterocycles. The van der Waals surface area contributed by atoms with Gasteiger partial charge in [0.15, 0.2) is 11.6 Å². The van der Waals surface area contributed by atoms with E-state index in [2.05, 4.69) is 0 Å². The minimum absolute atomic E-state index is 0.0245. The van der Waals surface area contributed by atoms with Gasteiger partial charge in [-0.25, -0.2) is 8.78 Å². The summed E-state index contributed by atoms with van der Waals surface area (Å²) in [5.41, 5.74) is 0.163. The largest absolute Gasteiger partial charge is 0.376 e. The molecular weight excluding hydrogens is 290 g/mol. The molecule has 1 aliphatic rings. The molecule has 0 unspecified atom stereocenters. The molecule has 1 fully saturated rings. The molecule has 1 atom stereocenters. The maximum absolute atomic E-state index is 13.3. The first-order valence-corrected chi connectivity index (χ1v) is 7.48. The van der Waals surface area contributed by atoms with Crippen LogP contribution in [0.15, 0.2) is 18.2 Å². The van der Waals surface area contributed by atoms with Crippen LogP contribution in [0.4, 0.5) is 8.78 Å². The third-order valence-corrected chi connectivity index (χ3v) is 3.72. The second-order valence-corrected chi connectivity index (χ2v) is 5.82. The van der Waals surface area contributed by atoms with Crippen LogP contribution in [-0.2, 0) is 4.74 Å². The Balaban J connectivity index is 2.10. The molecule has 1 heterocycles. The van der Waals surface area contributed by atoms with Crippen molar-refractivity contribution in [2.45, 2.75) is 18.9 Å². The van der Waals surface area contributed by atoms with Crippen LogP contribution < -0.4 is 0 Å². The highest BCUT2D eigenvalue weighted by Crippen LogP contribution is 2.16. The second-order valence-electron chi connectivity index (χ2n) is 5.82. The van der Waals surface area contributed by atoms with Gasteiger partial charge in [0.25, 0.3) is 5.91 Å². The minimum atomic E-state index is -1.00. The maximum Gasteiger partial charge on any atom is 0.254 e. The summed E-state index contributed by atoms with van der Waals surface area (Å²) in [6.07, 6.45) is 1.94. The summed E-state index contributed by atoms with van der Waals surface area (Å²) in [7, 11) is 3.85. The summed E-state index contributed by atoms with van der Waals surface area (Å²) in [4.78, 5) is 16.2. The van der Waals surface area contributed by atoms with Crippen LogP contribution in [0, 0.1) is 11.6 Å². The first kappa shape index (κ1) is 16.8. The third kappa shape index (κ3) is 4.48. The quantitative estimate of drug-likeness (QED) is 0.807. The highest BCUT2D eigenvalue weighted by molar-refractivity contribution is 5.94. The smallest absolute Gasteiger partial charge is 0.254 e. The van der Waals surface area contributed by atoms with Crippen LogP contribution in [0.5, 0.6) is 0 Å². The fourth-order valence-corrected chi connectivity index (χ4v) is 2.44. The molecule has 0 aromatic heterocycles. The van der Waals surface area contributed by atoms with Gasteiger partial charge >= 0.3 is 0 Å². The van der Waals surface area contributed by atoms with Crippen molar-refractivity contribution < 1.29 is 18.3 Å². The topological polar surface area (TPSA) is 32.8 Å². The van der Waals surface area contributed by atoms with Crippen molar-refractivity contribution in [1.82, 2.24) is 9.80 Å². The maximum atomic E-state index is 13.3. The molecule has 0 bridgehead atoms. The van der Waals surface area contributed by atoms with Crippen LogP contribution in [0.1, 0.15) is 23.2 Å². The Morgan fingerprint density at radius 1 is 1.27 bits per heavy atom. The average molecular weight is 312 g/mol. The number of halogens is 2. The van der Waals surface area contributed by atoms with Crippen LogP contribution in [0.2, 0.25) is 0 Å². The lowest BCUT2D eigenvalue weighted by molar-refractivity contribution is 0.0511. The third-order valence-electron chi connectivity index (χ3n) is 3.72. The number of benzene rings is 1. The SMILES string of the molecule is CN(C)CCN(C[C@H]1CCCO1)C(=O)c1ccc(F)c(F)c1. The molecule has 4 nitrogen and oxygen atoms in total. The highest BCUT2D eigenvalue weighted by atomic mass is 19.2. The van der Waals surface area contributed by atoms with E-state index in [-0.39, 0.29) is 17.6 Å². The number of likely N-dealkylation sites (N-methyl/N-ethyl adjacent to an activating group) is 1. The molecule has 1 aliphatic heterocycles. The number of hydrogen-bond donors (Lipinski definition) is 0. The second kappa shape index (κ2) is 7.65. The number of amides is 1. The number of rotatable bonds is 6. The molecule has 0 aliphatic carbocycles. The van der Waals surface area contributed by atoms with E-state index in [0.717, 1.165) is 25.0 Å². The standard InChI is InChI=1S/C16H22F2N2O2/c1-19(2)7-8-20(11-13-4-3-9-22-13)16(21)12-5-6-14(17)15(18)10-12/h5-6,10,13H,3-4,7-9,11H2,1-2H3/t13-/m1/s1. The van der Waals surface area contributed by atoms with Gasteiger partial charge in [-0.1, -0.05) is 0 Å². The number of nitrogens with zero attached hydrogens (tertiary/aromatic N) is 2. The molecule has 1 aromatic rings. The monoisotopic (exact) mass is 312 g/mol. The van der Waals surface area contributed by atoms with Crippen molar-refractivity contribution in [2.75, 3.05) is 40.3 Å². The van der Waals surface area contributed by atoms with E-state index < -0.39 is 11.6 Å². The summed E-state index contributed by atoms with van der Waals surface area (Å²) in [6, 6.07) is 3.26. The lowest BCUT2D eigenvalue weighted by Crippen LogP contribution is -2.41. The number of carbonyl (C=O) groups is 1. The fourth-order valence-electron chi connectivity index (χ4n) is 2.44. The van der Waals surface area contributed by atoms with Gasteiger partial charge in [0.05, 0.1) is 6.10 Å². The molecular formula is C16H22F2N2O2. The van der Waals surface area contributed by atoms with Gasteiger partial charge in [-0.2, -0.15) is 0 Å². The van der Waals surface area contributed by atoms with Crippen LogP contribution in [-0.4, -0.2) is 62.1 Å². The van der Waals surface area contributed by atoms with Gasteiger partial charge in [-0.05, 0) is 45.1 Å². The molecule has 22 heavy (non-hydrogen) atoms. The molecule has 0 N–H and O–H groups in total. The summed E-state index contributed by atoms with van der Waals surface area (Å²) < 4.78 is 31.9. The molecule has 1 amide bonds. The van der Waals surface area contributed by atoms with E-state index in [1.807, 2.05) is 19.0 Å². The zero-order valence-corrected chi connectivity index (χ0v) is 13.0. The van der Waals surface area contributed by atoms with Gasteiger partial charge < -0.3 is 14.5 Å². The first-order valence-electron chi connectivity index (χ1n) is 7.48. The zero-order valence-electron chi connectivity index (χ0n) is 13.0. The Hall–Kier alpha value is -1.53. The molecule has 1 aromatic carbocycles. The molecule has 122 valence electrons. The summed E-state index contributed by atoms with van der Waals surface area (Å²) in [5, 5.41) is 0. The van der Waals surface area contributed by atoms with Gasteiger partial charge in [-0.3, -0.25) is 4.79 Å². The summed E-state index contributed by atoms with van der Waals surface area (Å²) >= 11 is 0. The van der Waals surface area contributed by atoms with Gasteiger partial charge in [-0.15, -0.1) is 0 Å². The van der Waals surface area contributed by atoms with Gasteiger partial charge in [0.2, 0.25) is 0 Å². The Kier molecular flexibility index (Phi) is 5.85. The van der Waals surface area contributed by atoms with E-state index >= 15 is 0 Å². The molecule has 0 saturated carbocycles. The summed E-state index contributed by atoms with van der Waals surface area (Å²) in [6.45, 7) is 2.41. The van der Waals surface area contributed by atoms with Crippen molar-refractivity contribution in [3.63, 3.8) is 0 Å². The molecule has 0 spiro atoms. The number of ether oxygens (including phenoxy) is 1. The normalized spacial score (nSPS) is 18.0. The van der Waals surface area contributed by atoms with Crippen molar-refractivity contribution in [3.8, 4) is 0 Å². The van der Waals surface area contributed by atoms with Crippen molar-refractivity contribution in [1.29, 1.82) is 0 Å². The lowest BCUT2D eigenvalue weighted by Gasteiger charge is -2.27. The molecule has 2 rings (SSSR count). The van der Waals surface area contributed by atoms with Crippen molar-refractivity contribution >= 4 is 5.91 Å². The molecule has 0 radical (unpaired) electrons. The summed E-state index contributed by atoms with van der Waals surface area (Å²) in [5.74, 6) is -2.25. The highest BCUT2D eigenvalue weighted by Gasteiger charge is 2.24. The van der Waals surface area contributed by atoms with E-state index in [9.17, 15) is 13.6 Å². The minimum Gasteiger partial charge on any atom is -0.376 e. The van der Waals surface area contributed by atoms with Gasteiger partial charge in [0.1, 0.15) is 0 Å². The van der Waals surface area contributed by atoms with Gasteiger partial charge in [0, 0.05) is 31.8 Å². The Labute approximate surface area is 129 Å². The Morgan fingerprint density at radius 3 is 2.64 bits per heavy atom. The fraction of sp³-hybridized carbons (Fsp3) is 0.562. The zero-order chi connectivity index (χ0) is 16.1. The predicted molar refractivity (Wildman–Crippen MR) is 79.8 cm³/mol. The lowest BCUT2D eigenvalue weighted by atomic mass is 10.1. The number of carbonyl (C=O) groups excluding carboxylic acids is 1. The van der Waals surface area contributed by atoms with E-state index in [1.54, 1.807) is 4.90 Å². The van der Waals surface area contributed by atoms with Crippen molar-refractivity contribution in [2.24, 2.45) is 0 Å². The van der Waals surface area contributed by atoms with E-state index in [0.29, 0.717) is 26.2 Å². The first-order chi connectivity index (χ1) is 10.5. The average Bonchev–Trinajstić information content (AvgIpc) is 2.98.